The van der Waals surface area contributed by atoms with Crippen LogP contribution in [-0.4, -0.2) is 48.6 Å². The van der Waals surface area contributed by atoms with Gasteiger partial charge in [0.1, 0.15) is 11.9 Å². The third-order valence-corrected chi connectivity index (χ3v) is 10.5. The lowest BCUT2D eigenvalue weighted by atomic mass is 10.0. The van der Waals surface area contributed by atoms with Crippen LogP contribution in [0.1, 0.15) is 41.5 Å². The van der Waals surface area contributed by atoms with Gasteiger partial charge in [-0.3, -0.25) is 9.59 Å². The Hall–Kier alpha value is -4.05. The third kappa shape index (κ3) is 8.60. The monoisotopic (exact) mass is 661 g/mol. The molecule has 240 valence electrons. The normalized spacial score (nSPS) is 14.1. The first-order chi connectivity index (χ1) is 22.2. The fourth-order valence-corrected chi connectivity index (χ4v) is 7.30. The van der Waals surface area contributed by atoms with Crippen molar-refractivity contribution in [3.8, 4) is 0 Å². The highest BCUT2D eigenvalue weighted by molar-refractivity contribution is 7.89. The van der Waals surface area contributed by atoms with Gasteiger partial charge in [0.25, 0.3) is 0 Å². The van der Waals surface area contributed by atoms with Gasteiger partial charge in [-0.1, -0.05) is 84.4 Å². The van der Waals surface area contributed by atoms with E-state index in [1.54, 1.807) is 47.4 Å². The van der Waals surface area contributed by atoms with Gasteiger partial charge in [0.05, 0.1) is 4.90 Å². The number of nitrogens with zero attached hydrogens (tertiary/aromatic N) is 2. The number of amides is 2. The van der Waals surface area contributed by atoms with E-state index in [1.165, 1.54) is 16.4 Å². The van der Waals surface area contributed by atoms with Crippen molar-refractivity contribution < 1.29 is 22.4 Å². The minimum Gasteiger partial charge on any atom is -0.350 e. The van der Waals surface area contributed by atoms with Gasteiger partial charge in [-0.2, -0.15) is 4.31 Å². The SMILES string of the molecule is O=C(NCc1ccccc1Cl)[C@@H](Cc1ccccc1)N(Cc1ccc(F)cc1)C(=O)CCc1ccc(S(=O)(=O)N2CCCC2)cc1. The van der Waals surface area contributed by atoms with Gasteiger partial charge in [-0.15, -0.1) is 0 Å². The van der Waals surface area contributed by atoms with Gasteiger partial charge in [0.15, 0.2) is 0 Å². The Morgan fingerprint density at radius 1 is 0.826 bits per heavy atom. The maximum Gasteiger partial charge on any atom is 0.243 e. The van der Waals surface area contributed by atoms with Crippen LogP contribution >= 0.6 is 11.6 Å². The van der Waals surface area contributed by atoms with Gasteiger partial charge in [0.2, 0.25) is 21.8 Å². The molecule has 1 atom stereocenters. The minimum absolute atomic E-state index is 0.0858. The number of hydrogen-bond acceptors (Lipinski definition) is 4. The van der Waals surface area contributed by atoms with Crippen molar-refractivity contribution in [1.82, 2.24) is 14.5 Å². The summed E-state index contributed by atoms with van der Waals surface area (Å²) in [6.45, 7) is 1.34. The molecule has 1 N–H and O–H groups in total. The lowest BCUT2D eigenvalue weighted by molar-refractivity contribution is -0.141. The molecule has 0 bridgehead atoms. The molecule has 1 saturated heterocycles. The van der Waals surface area contributed by atoms with Crippen LogP contribution in [0.2, 0.25) is 5.02 Å². The fraction of sp³-hybridized carbons (Fsp3) is 0.278. The Morgan fingerprint density at radius 2 is 1.46 bits per heavy atom. The molecule has 0 spiro atoms. The van der Waals surface area contributed by atoms with Crippen LogP contribution in [-0.2, 0) is 45.5 Å². The molecule has 7 nitrogen and oxygen atoms in total. The largest absolute Gasteiger partial charge is 0.350 e. The number of aryl methyl sites for hydroxylation is 1. The Bertz CT molecular complexity index is 1730. The highest BCUT2D eigenvalue weighted by Gasteiger charge is 2.31. The van der Waals surface area contributed by atoms with Crippen molar-refractivity contribution in [2.45, 2.75) is 56.1 Å². The van der Waals surface area contributed by atoms with Gasteiger partial charge in [0, 0.05) is 44.0 Å². The second kappa shape index (κ2) is 15.5. The number of sulfonamides is 1. The topological polar surface area (TPSA) is 86.8 Å². The van der Waals surface area contributed by atoms with Gasteiger partial charge in [-0.25, -0.2) is 12.8 Å². The van der Waals surface area contributed by atoms with Crippen LogP contribution in [0.4, 0.5) is 4.39 Å². The van der Waals surface area contributed by atoms with Crippen LogP contribution in [0, 0.1) is 5.82 Å². The first kappa shape index (κ1) is 33.3. The first-order valence-corrected chi connectivity index (χ1v) is 17.2. The molecule has 4 aromatic rings. The molecular weight excluding hydrogens is 625 g/mol. The predicted octanol–water partition coefficient (Wildman–Crippen LogP) is 6.15. The molecule has 46 heavy (non-hydrogen) atoms. The van der Waals surface area contributed by atoms with E-state index < -0.39 is 21.9 Å². The van der Waals surface area contributed by atoms with E-state index in [9.17, 15) is 22.4 Å². The Balaban J connectivity index is 1.37. The number of carbonyl (C=O) groups is 2. The molecular formula is C36H37ClFN3O4S. The Labute approximate surface area is 275 Å². The molecule has 0 radical (unpaired) electrons. The second-order valence-electron chi connectivity index (χ2n) is 11.4. The summed E-state index contributed by atoms with van der Waals surface area (Å²) in [7, 11) is -3.54. The zero-order chi connectivity index (χ0) is 32.5. The average molecular weight is 662 g/mol. The number of rotatable bonds is 13. The van der Waals surface area contributed by atoms with E-state index in [-0.39, 0.29) is 42.6 Å². The van der Waals surface area contributed by atoms with E-state index in [2.05, 4.69) is 5.32 Å². The predicted molar refractivity (Wildman–Crippen MR) is 177 cm³/mol. The van der Waals surface area contributed by atoms with Crippen molar-refractivity contribution in [3.05, 3.63) is 136 Å². The maximum absolute atomic E-state index is 14.0. The number of halogens is 2. The standard InChI is InChI=1S/C36H37ClFN3O4S/c37-33-11-5-4-10-30(33)25-39-36(43)34(24-28-8-2-1-3-9-28)41(26-29-12-17-31(38)18-13-29)35(42)21-16-27-14-19-32(20-15-27)46(44,45)40-22-6-7-23-40/h1-5,8-15,17-20,34H,6-7,16,21-26H2,(H,39,43)/t34-/m1/s1. The maximum atomic E-state index is 14.0. The Morgan fingerprint density at radius 3 is 2.13 bits per heavy atom. The van der Waals surface area contributed by atoms with E-state index in [4.69, 9.17) is 11.6 Å². The van der Waals surface area contributed by atoms with Crippen LogP contribution in [0.5, 0.6) is 0 Å². The fourth-order valence-electron chi connectivity index (χ4n) is 5.58. The summed E-state index contributed by atoms with van der Waals surface area (Å²) in [4.78, 5) is 29.7. The van der Waals surface area contributed by atoms with Gasteiger partial charge in [-0.05, 0) is 71.8 Å². The summed E-state index contributed by atoms with van der Waals surface area (Å²) in [6, 6.07) is 28.4. The number of nitrogens with one attached hydrogen (secondary N) is 1. The van der Waals surface area contributed by atoms with Crippen molar-refractivity contribution >= 4 is 33.4 Å². The summed E-state index contributed by atoms with van der Waals surface area (Å²) >= 11 is 6.33. The van der Waals surface area contributed by atoms with Crippen molar-refractivity contribution in [2.75, 3.05) is 13.1 Å². The molecule has 1 aliphatic rings. The van der Waals surface area contributed by atoms with Crippen LogP contribution in [0.25, 0.3) is 0 Å². The molecule has 0 unspecified atom stereocenters. The van der Waals surface area contributed by atoms with Gasteiger partial charge < -0.3 is 10.2 Å². The number of benzene rings is 4. The minimum atomic E-state index is -3.54. The third-order valence-electron chi connectivity index (χ3n) is 8.20. The number of carbonyl (C=O) groups excluding carboxylic acids is 2. The molecule has 10 heteroatoms. The van der Waals surface area contributed by atoms with E-state index in [1.807, 2.05) is 48.5 Å². The lowest BCUT2D eigenvalue weighted by Gasteiger charge is -2.32. The molecule has 1 heterocycles. The summed E-state index contributed by atoms with van der Waals surface area (Å²) in [5.41, 5.74) is 3.12. The highest BCUT2D eigenvalue weighted by atomic mass is 35.5. The molecule has 0 saturated carbocycles. The lowest BCUT2D eigenvalue weighted by Crippen LogP contribution is -2.50. The van der Waals surface area contributed by atoms with E-state index >= 15 is 0 Å². The number of hydrogen-bond donors (Lipinski definition) is 1. The van der Waals surface area contributed by atoms with Crippen molar-refractivity contribution in [2.24, 2.45) is 0 Å². The van der Waals surface area contributed by atoms with E-state index in [0.29, 0.717) is 30.1 Å². The summed E-state index contributed by atoms with van der Waals surface area (Å²) < 4.78 is 41.1. The summed E-state index contributed by atoms with van der Waals surface area (Å²) in [6.07, 6.45) is 2.42. The zero-order valence-electron chi connectivity index (χ0n) is 25.4. The smallest absolute Gasteiger partial charge is 0.243 e. The summed E-state index contributed by atoms with van der Waals surface area (Å²) in [5, 5.41) is 3.50. The second-order valence-corrected chi connectivity index (χ2v) is 13.8. The van der Waals surface area contributed by atoms with Crippen LogP contribution < -0.4 is 5.32 Å². The van der Waals surface area contributed by atoms with Crippen molar-refractivity contribution in [3.63, 3.8) is 0 Å². The van der Waals surface area contributed by atoms with E-state index in [0.717, 1.165) is 29.5 Å². The van der Waals surface area contributed by atoms with Crippen LogP contribution in [0.15, 0.2) is 108 Å². The molecule has 4 aromatic carbocycles. The molecule has 1 aliphatic heterocycles. The molecule has 0 aliphatic carbocycles. The van der Waals surface area contributed by atoms with Crippen molar-refractivity contribution in [1.29, 1.82) is 0 Å². The zero-order valence-corrected chi connectivity index (χ0v) is 27.0. The van der Waals surface area contributed by atoms with Gasteiger partial charge >= 0.3 is 0 Å². The molecule has 0 aromatic heterocycles. The molecule has 1 fully saturated rings. The quantitative estimate of drug-likeness (QED) is 0.186. The van der Waals surface area contributed by atoms with Crippen LogP contribution in [0.3, 0.4) is 0 Å². The molecule has 5 rings (SSSR count). The first-order valence-electron chi connectivity index (χ1n) is 15.4. The highest BCUT2D eigenvalue weighted by Crippen LogP contribution is 2.23. The average Bonchev–Trinajstić information content (AvgIpc) is 3.63. The summed E-state index contributed by atoms with van der Waals surface area (Å²) in [5.74, 6) is -0.988. The Kier molecular flexibility index (Phi) is 11.2. The molecule has 2 amide bonds.